The van der Waals surface area contributed by atoms with Crippen molar-refractivity contribution in [3.63, 3.8) is 0 Å². The fraction of sp³-hybridized carbons (Fsp3) is 0.0625. The molecular formula is C16H14N2O. The Labute approximate surface area is 111 Å². The van der Waals surface area contributed by atoms with Crippen LogP contribution in [0.5, 0.6) is 0 Å². The molecule has 3 aromatic rings. The van der Waals surface area contributed by atoms with Gasteiger partial charge in [-0.1, -0.05) is 48.5 Å². The molecule has 0 saturated heterocycles. The van der Waals surface area contributed by atoms with Gasteiger partial charge in [0.15, 0.2) is 0 Å². The molecular weight excluding hydrogens is 236 g/mol. The number of hydrogen-bond acceptors (Lipinski definition) is 2. The highest BCUT2D eigenvalue weighted by Gasteiger charge is 2.06. The van der Waals surface area contributed by atoms with E-state index in [1.807, 2.05) is 66.9 Å². The Morgan fingerprint density at radius 1 is 0.895 bits per heavy atom. The maximum Gasteiger partial charge on any atom is 0.0927 e. The Morgan fingerprint density at radius 3 is 2.42 bits per heavy atom. The van der Waals surface area contributed by atoms with E-state index in [-0.39, 0.29) is 6.61 Å². The molecule has 0 aliphatic rings. The van der Waals surface area contributed by atoms with Crippen molar-refractivity contribution in [2.45, 2.75) is 6.61 Å². The third-order valence-electron chi connectivity index (χ3n) is 3.07. The smallest absolute Gasteiger partial charge is 0.0927 e. The summed E-state index contributed by atoms with van der Waals surface area (Å²) >= 11 is 0. The Bertz CT molecular complexity index is 674. The molecule has 3 heteroatoms. The van der Waals surface area contributed by atoms with Crippen molar-refractivity contribution in [1.29, 1.82) is 0 Å². The van der Waals surface area contributed by atoms with Crippen molar-refractivity contribution >= 4 is 0 Å². The molecule has 0 fully saturated rings. The zero-order valence-corrected chi connectivity index (χ0v) is 10.4. The van der Waals surface area contributed by atoms with Gasteiger partial charge in [-0.2, -0.15) is 5.10 Å². The number of rotatable bonds is 3. The van der Waals surface area contributed by atoms with E-state index in [9.17, 15) is 5.11 Å². The molecule has 0 saturated carbocycles. The number of hydrogen-bond donors (Lipinski definition) is 1. The van der Waals surface area contributed by atoms with Gasteiger partial charge in [0.2, 0.25) is 0 Å². The molecule has 19 heavy (non-hydrogen) atoms. The summed E-state index contributed by atoms with van der Waals surface area (Å²) in [4.78, 5) is 0. The average molecular weight is 250 g/mol. The number of aliphatic hydroxyl groups is 1. The molecule has 2 aromatic carbocycles. The van der Waals surface area contributed by atoms with Crippen LogP contribution in [0, 0.1) is 0 Å². The minimum atomic E-state index is 0.0106. The summed E-state index contributed by atoms with van der Waals surface area (Å²) in [6, 6.07) is 19.7. The highest BCUT2D eigenvalue weighted by atomic mass is 16.3. The lowest BCUT2D eigenvalue weighted by Crippen LogP contribution is -2.00. The van der Waals surface area contributed by atoms with Crippen molar-refractivity contribution < 1.29 is 5.11 Å². The molecule has 3 rings (SSSR count). The van der Waals surface area contributed by atoms with Crippen LogP contribution in [0.3, 0.4) is 0 Å². The summed E-state index contributed by atoms with van der Waals surface area (Å²) in [5.41, 5.74) is 3.79. The Hall–Kier alpha value is -2.39. The number of aliphatic hydroxyl groups excluding tert-OH is 1. The van der Waals surface area contributed by atoms with Crippen LogP contribution < -0.4 is 0 Å². The molecule has 0 spiro atoms. The van der Waals surface area contributed by atoms with Crippen molar-refractivity contribution in [2.24, 2.45) is 0 Å². The first-order valence-corrected chi connectivity index (χ1v) is 6.19. The molecule has 1 aromatic heterocycles. The molecule has 1 N–H and O–H groups in total. The van der Waals surface area contributed by atoms with Gasteiger partial charge in [0.1, 0.15) is 0 Å². The SMILES string of the molecule is OCc1ccccc1-n1ccc(-c2ccccc2)n1. The largest absolute Gasteiger partial charge is 0.392 e. The first kappa shape index (κ1) is 11.7. The number of benzene rings is 2. The van der Waals surface area contributed by atoms with E-state index < -0.39 is 0 Å². The lowest BCUT2D eigenvalue weighted by Gasteiger charge is -2.06. The quantitative estimate of drug-likeness (QED) is 0.776. The topological polar surface area (TPSA) is 38.0 Å². The minimum absolute atomic E-state index is 0.0106. The molecule has 0 atom stereocenters. The molecule has 0 aliphatic heterocycles. The Morgan fingerprint density at radius 2 is 1.63 bits per heavy atom. The molecule has 3 nitrogen and oxygen atoms in total. The van der Waals surface area contributed by atoms with Crippen LogP contribution in [0.1, 0.15) is 5.56 Å². The lowest BCUT2D eigenvalue weighted by atomic mass is 10.2. The second-order valence-electron chi connectivity index (χ2n) is 4.30. The van der Waals surface area contributed by atoms with Crippen molar-refractivity contribution in [1.82, 2.24) is 9.78 Å². The third-order valence-corrected chi connectivity index (χ3v) is 3.07. The first-order chi connectivity index (χ1) is 9.38. The van der Waals surface area contributed by atoms with Crippen LogP contribution >= 0.6 is 0 Å². The fourth-order valence-electron chi connectivity index (χ4n) is 2.09. The van der Waals surface area contributed by atoms with E-state index >= 15 is 0 Å². The number of para-hydroxylation sites is 1. The summed E-state index contributed by atoms with van der Waals surface area (Å²) in [6.45, 7) is 0.0106. The number of nitrogens with zero attached hydrogens (tertiary/aromatic N) is 2. The highest BCUT2D eigenvalue weighted by Crippen LogP contribution is 2.19. The maximum absolute atomic E-state index is 9.36. The van der Waals surface area contributed by atoms with E-state index in [2.05, 4.69) is 5.10 Å². The van der Waals surface area contributed by atoms with E-state index in [1.165, 1.54) is 0 Å². The fourth-order valence-corrected chi connectivity index (χ4v) is 2.09. The molecule has 0 unspecified atom stereocenters. The normalized spacial score (nSPS) is 10.6. The zero-order valence-electron chi connectivity index (χ0n) is 10.4. The van der Waals surface area contributed by atoms with Gasteiger partial charge < -0.3 is 5.11 Å². The molecule has 0 radical (unpaired) electrons. The lowest BCUT2D eigenvalue weighted by molar-refractivity contribution is 0.281. The predicted molar refractivity (Wildman–Crippen MR) is 74.9 cm³/mol. The van der Waals surface area contributed by atoms with Crippen molar-refractivity contribution in [3.05, 3.63) is 72.4 Å². The van der Waals surface area contributed by atoms with Crippen LogP contribution in [0.4, 0.5) is 0 Å². The molecule has 0 aliphatic carbocycles. The molecule has 0 bridgehead atoms. The van der Waals surface area contributed by atoms with E-state index in [1.54, 1.807) is 4.68 Å². The molecule has 1 heterocycles. The van der Waals surface area contributed by atoms with Crippen molar-refractivity contribution in [2.75, 3.05) is 0 Å². The zero-order chi connectivity index (χ0) is 13.1. The van der Waals surface area contributed by atoms with Crippen molar-refractivity contribution in [3.8, 4) is 16.9 Å². The van der Waals surface area contributed by atoms with Gasteiger partial charge in [-0.3, -0.25) is 0 Å². The molecule has 0 amide bonds. The van der Waals surface area contributed by atoms with Crippen LogP contribution in [0.15, 0.2) is 66.9 Å². The number of aromatic nitrogens is 2. The second-order valence-corrected chi connectivity index (χ2v) is 4.30. The Kier molecular flexibility index (Phi) is 3.12. The monoisotopic (exact) mass is 250 g/mol. The van der Waals surface area contributed by atoms with Crippen LogP contribution in [0.2, 0.25) is 0 Å². The van der Waals surface area contributed by atoms with Gasteiger partial charge in [-0.15, -0.1) is 0 Å². The third kappa shape index (κ3) is 2.28. The van der Waals surface area contributed by atoms with Gasteiger partial charge in [-0.05, 0) is 12.1 Å². The standard InChI is InChI=1S/C16H14N2O/c19-12-14-8-4-5-9-16(14)18-11-10-15(17-18)13-6-2-1-3-7-13/h1-11,19H,12H2. The van der Waals surface area contributed by atoms with Gasteiger partial charge >= 0.3 is 0 Å². The van der Waals surface area contributed by atoms with Gasteiger partial charge in [0.25, 0.3) is 0 Å². The van der Waals surface area contributed by atoms with Gasteiger partial charge in [-0.25, -0.2) is 4.68 Å². The summed E-state index contributed by atoms with van der Waals surface area (Å²) in [5, 5.41) is 13.9. The predicted octanol–water partition coefficient (Wildman–Crippen LogP) is 3.03. The highest BCUT2D eigenvalue weighted by molar-refractivity contribution is 5.58. The van der Waals surface area contributed by atoms with Crippen LogP contribution in [-0.4, -0.2) is 14.9 Å². The summed E-state index contributed by atoms with van der Waals surface area (Å²) in [5.74, 6) is 0. The first-order valence-electron chi connectivity index (χ1n) is 6.19. The molecule has 94 valence electrons. The van der Waals surface area contributed by atoms with Gasteiger partial charge in [0.05, 0.1) is 18.0 Å². The van der Waals surface area contributed by atoms with Gasteiger partial charge in [0, 0.05) is 17.3 Å². The van der Waals surface area contributed by atoms with Crippen LogP contribution in [-0.2, 0) is 6.61 Å². The second kappa shape index (κ2) is 5.08. The van der Waals surface area contributed by atoms with E-state index in [0.717, 1.165) is 22.5 Å². The van der Waals surface area contributed by atoms with Crippen LogP contribution in [0.25, 0.3) is 16.9 Å². The minimum Gasteiger partial charge on any atom is -0.392 e. The summed E-state index contributed by atoms with van der Waals surface area (Å²) < 4.78 is 1.80. The maximum atomic E-state index is 9.36. The van der Waals surface area contributed by atoms with E-state index in [0.29, 0.717) is 0 Å². The average Bonchev–Trinajstić information content (AvgIpc) is 2.98. The van der Waals surface area contributed by atoms with E-state index in [4.69, 9.17) is 0 Å². The summed E-state index contributed by atoms with van der Waals surface area (Å²) in [6.07, 6.45) is 1.91. The Balaban J connectivity index is 2.02. The summed E-state index contributed by atoms with van der Waals surface area (Å²) in [7, 11) is 0.